The molecule has 0 saturated carbocycles. The van der Waals surface area contributed by atoms with Crippen molar-refractivity contribution in [2.45, 2.75) is 39.7 Å². The number of hydrogen-bond acceptors (Lipinski definition) is 5. The molecule has 1 heterocycles. The van der Waals surface area contributed by atoms with Crippen LogP contribution in [0, 0.1) is 6.92 Å². The molecule has 23 heavy (non-hydrogen) atoms. The number of aryl methyl sites for hydroxylation is 1. The summed E-state index contributed by atoms with van der Waals surface area (Å²) in [6, 6.07) is 10.5. The van der Waals surface area contributed by atoms with Gasteiger partial charge in [-0.2, -0.15) is 0 Å². The molecule has 1 atom stereocenters. The fourth-order valence-corrected chi connectivity index (χ4v) is 2.21. The molecule has 0 saturated heterocycles. The lowest BCUT2D eigenvalue weighted by Crippen LogP contribution is -2.16. The minimum atomic E-state index is 0.399. The van der Waals surface area contributed by atoms with Crippen molar-refractivity contribution in [2.75, 3.05) is 24.3 Å². The van der Waals surface area contributed by atoms with Crippen LogP contribution in [0.1, 0.15) is 31.7 Å². The lowest BCUT2D eigenvalue weighted by atomic mass is 10.1. The number of benzene rings is 1. The zero-order valence-electron chi connectivity index (χ0n) is 14.4. The molecule has 0 fully saturated rings. The predicted octanol–water partition coefficient (Wildman–Crippen LogP) is 3.66. The Bertz CT molecular complexity index is 613. The molecule has 1 unspecified atom stereocenters. The lowest BCUT2D eigenvalue weighted by Gasteiger charge is -2.14. The zero-order chi connectivity index (χ0) is 16.7. The molecular weight excluding hydrogens is 288 g/mol. The number of nitrogens with zero attached hydrogens (tertiary/aromatic N) is 2. The first-order chi connectivity index (χ1) is 11.1. The maximum atomic E-state index is 5.17. The molecular formula is C18H26N4O. The molecule has 0 amide bonds. The molecule has 2 aromatic rings. The smallest absolute Gasteiger partial charge is 0.132 e. The molecule has 1 aromatic carbocycles. The Morgan fingerprint density at radius 2 is 1.83 bits per heavy atom. The van der Waals surface area contributed by atoms with Crippen LogP contribution in [-0.2, 0) is 6.42 Å². The molecule has 2 rings (SSSR count). The number of ether oxygens (including phenoxy) is 1. The SMILES string of the molecule is CCC(C)Nc1cc(NCCc2ccc(OC)cc2)nc(C)n1. The highest BCUT2D eigenvalue weighted by Gasteiger charge is 2.04. The molecule has 0 bridgehead atoms. The highest BCUT2D eigenvalue weighted by atomic mass is 16.5. The topological polar surface area (TPSA) is 59.1 Å². The summed E-state index contributed by atoms with van der Waals surface area (Å²) in [6.07, 6.45) is 1.99. The van der Waals surface area contributed by atoms with Gasteiger partial charge in [-0.15, -0.1) is 0 Å². The van der Waals surface area contributed by atoms with Gasteiger partial charge in [0.25, 0.3) is 0 Å². The number of methoxy groups -OCH3 is 1. The Morgan fingerprint density at radius 3 is 2.48 bits per heavy atom. The van der Waals surface area contributed by atoms with Crippen LogP contribution in [0.15, 0.2) is 30.3 Å². The van der Waals surface area contributed by atoms with Crippen LogP contribution < -0.4 is 15.4 Å². The molecule has 5 heteroatoms. The van der Waals surface area contributed by atoms with Crippen molar-refractivity contribution in [3.8, 4) is 5.75 Å². The second-order valence-electron chi connectivity index (χ2n) is 5.66. The van der Waals surface area contributed by atoms with E-state index in [0.717, 1.165) is 42.6 Å². The number of anilines is 2. The van der Waals surface area contributed by atoms with E-state index >= 15 is 0 Å². The highest BCUT2D eigenvalue weighted by molar-refractivity contribution is 5.48. The van der Waals surface area contributed by atoms with Crippen LogP contribution in [-0.4, -0.2) is 29.7 Å². The first-order valence-corrected chi connectivity index (χ1v) is 8.09. The second kappa shape index (κ2) is 8.36. The lowest BCUT2D eigenvalue weighted by molar-refractivity contribution is 0.414. The van der Waals surface area contributed by atoms with E-state index in [2.05, 4.69) is 46.6 Å². The number of aromatic nitrogens is 2. The van der Waals surface area contributed by atoms with E-state index in [1.165, 1.54) is 5.56 Å². The first-order valence-electron chi connectivity index (χ1n) is 8.09. The second-order valence-corrected chi connectivity index (χ2v) is 5.66. The van der Waals surface area contributed by atoms with Gasteiger partial charge in [0.15, 0.2) is 0 Å². The van der Waals surface area contributed by atoms with Gasteiger partial charge in [0.1, 0.15) is 23.2 Å². The van der Waals surface area contributed by atoms with E-state index in [0.29, 0.717) is 6.04 Å². The Morgan fingerprint density at radius 1 is 1.13 bits per heavy atom. The van der Waals surface area contributed by atoms with Crippen molar-refractivity contribution in [1.82, 2.24) is 9.97 Å². The van der Waals surface area contributed by atoms with E-state index in [1.54, 1.807) is 7.11 Å². The summed E-state index contributed by atoms with van der Waals surface area (Å²) < 4.78 is 5.17. The van der Waals surface area contributed by atoms with Gasteiger partial charge in [0, 0.05) is 18.7 Å². The van der Waals surface area contributed by atoms with Crippen molar-refractivity contribution in [3.63, 3.8) is 0 Å². The largest absolute Gasteiger partial charge is 0.497 e. The molecule has 0 aliphatic rings. The summed E-state index contributed by atoms with van der Waals surface area (Å²) in [5, 5.41) is 6.76. The van der Waals surface area contributed by atoms with Crippen LogP contribution in [0.2, 0.25) is 0 Å². The first kappa shape index (κ1) is 17.1. The summed E-state index contributed by atoms with van der Waals surface area (Å²) in [5.41, 5.74) is 1.27. The quantitative estimate of drug-likeness (QED) is 0.779. The predicted molar refractivity (Wildman–Crippen MR) is 95.3 cm³/mol. The van der Waals surface area contributed by atoms with Gasteiger partial charge in [-0.3, -0.25) is 0 Å². The monoisotopic (exact) mass is 314 g/mol. The third-order valence-corrected chi connectivity index (χ3v) is 3.72. The standard InChI is InChI=1S/C18H26N4O/c1-5-13(2)20-18-12-17(21-14(3)22-18)19-11-10-15-6-8-16(23-4)9-7-15/h6-9,12-13H,5,10-11H2,1-4H3,(H2,19,20,21,22). The van der Waals surface area contributed by atoms with Gasteiger partial charge < -0.3 is 15.4 Å². The molecule has 0 aliphatic heterocycles. The van der Waals surface area contributed by atoms with E-state index in [1.807, 2.05) is 25.1 Å². The van der Waals surface area contributed by atoms with E-state index in [4.69, 9.17) is 4.74 Å². The van der Waals surface area contributed by atoms with Crippen LogP contribution in [0.3, 0.4) is 0 Å². The maximum absolute atomic E-state index is 5.17. The van der Waals surface area contributed by atoms with Crippen LogP contribution in [0.25, 0.3) is 0 Å². The molecule has 0 spiro atoms. The zero-order valence-corrected chi connectivity index (χ0v) is 14.4. The third-order valence-electron chi connectivity index (χ3n) is 3.72. The number of nitrogens with one attached hydrogen (secondary N) is 2. The van der Waals surface area contributed by atoms with Crippen molar-refractivity contribution >= 4 is 11.6 Å². The van der Waals surface area contributed by atoms with Gasteiger partial charge >= 0.3 is 0 Å². The van der Waals surface area contributed by atoms with Crippen molar-refractivity contribution in [2.24, 2.45) is 0 Å². The van der Waals surface area contributed by atoms with Crippen molar-refractivity contribution < 1.29 is 4.74 Å². The molecule has 1 aromatic heterocycles. The maximum Gasteiger partial charge on any atom is 0.132 e. The highest BCUT2D eigenvalue weighted by Crippen LogP contribution is 2.14. The number of rotatable bonds is 8. The van der Waals surface area contributed by atoms with Gasteiger partial charge in [-0.05, 0) is 44.4 Å². The van der Waals surface area contributed by atoms with Crippen LogP contribution in [0.4, 0.5) is 11.6 Å². The summed E-state index contributed by atoms with van der Waals surface area (Å²) in [6.45, 7) is 7.04. The van der Waals surface area contributed by atoms with Crippen LogP contribution in [0.5, 0.6) is 5.75 Å². The minimum Gasteiger partial charge on any atom is -0.497 e. The van der Waals surface area contributed by atoms with E-state index in [-0.39, 0.29) is 0 Å². The third kappa shape index (κ3) is 5.43. The molecule has 0 aliphatic carbocycles. The van der Waals surface area contributed by atoms with Crippen molar-refractivity contribution in [1.29, 1.82) is 0 Å². The van der Waals surface area contributed by atoms with Gasteiger partial charge in [-0.1, -0.05) is 19.1 Å². The molecule has 0 radical (unpaired) electrons. The molecule has 5 nitrogen and oxygen atoms in total. The van der Waals surface area contributed by atoms with Gasteiger partial charge in [0.2, 0.25) is 0 Å². The fourth-order valence-electron chi connectivity index (χ4n) is 2.21. The molecule has 2 N–H and O–H groups in total. The van der Waals surface area contributed by atoms with E-state index in [9.17, 15) is 0 Å². The van der Waals surface area contributed by atoms with Crippen LogP contribution >= 0.6 is 0 Å². The fraction of sp³-hybridized carbons (Fsp3) is 0.444. The summed E-state index contributed by atoms with van der Waals surface area (Å²) in [7, 11) is 1.68. The Hall–Kier alpha value is -2.30. The summed E-state index contributed by atoms with van der Waals surface area (Å²) in [4.78, 5) is 8.87. The average molecular weight is 314 g/mol. The Balaban J connectivity index is 1.91. The minimum absolute atomic E-state index is 0.399. The van der Waals surface area contributed by atoms with Crippen molar-refractivity contribution in [3.05, 3.63) is 41.7 Å². The average Bonchev–Trinajstić information content (AvgIpc) is 2.55. The Kier molecular flexibility index (Phi) is 6.20. The summed E-state index contributed by atoms with van der Waals surface area (Å²) in [5.74, 6) is 3.38. The van der Waals surface area contributed by atoms with Gasteiger partial charge in [-0.25, -0.2) is 9.97 Å². The van der Waals surface area contributed by atoms with E-state index < -0.39 is 0 Å². The van der Waals surface area contributed by atoms with Gasteiger partial charge in [0.05, 0.1) is 7.11 Å². The number of hydrogen-bond donors (Lipinski definition) is 2. The summed E-state index contributed by atoms with van der Waals surface area (Å²) >= 11 is 0. The Labute approximate surface area is 138 Å². The molecule has 124 valence electrons. The normalized spacial score (nSPS) is 11.8.